The van der Waals surface area contributed by atoms with Crippen LogP contribution in [0.4, 0.5) is 4.39 Å². The standard InChI is InChI=1S/C26H17Cl2FN2O2/c1-2-32-24-13-21(30-20-6-4-3-5-18(20)24)22-14-25(33-17-9-7-16(29)8-10-17)26-19(28)11-15(27)12-23(26)31-22/h3-14H,2H2,1H3. The second-order valence-electron chi connectivity index (χ2n) is 7.30. The van der Waals surface area contributed by atoms with Crippen molar-refractivity contribution < 1.29 is 13.9 Å². The van der Waals surface area contributed by atoms with E-state index in [0.29, 0.717) is 56.2 Å². The molecule has 0 aliphatic rings. The van der Waals surface area contributed by atoms with Crippen LogP contribution in [0.2, 0.25) is 10.0 Å². The fraction of sp³-hybridized carbons (Fsp3) is 0.0769. The fourth-order valence-electron chi connectivity index (χ4n) is 3.64. The van der Waals surface area contributed by atoms with Crippen LogP contribution in [0.15, 0.2) is 72.8 Å². The minimum absolute atomic E-state index is 0.351. The maximum absolute atomic E-state index is 13.4. The number of aromatic nitrogens is 2. The molecule has 0 unspecified atom stereocenters. The summed E-state index contributed by atoms with van der Waals surface area (Å²) in [5.41, 5.74) is 2.50. The minimum Gasteiger partial charge on any atom is -0.493 e. The molecule has 33 heavy (non-hydrogen) atoms. The average molecular weight is 479 g/mol. The van der Waals surface area contributed by atoms with Gasteiger partial charge in [0.2, 0.25) is 0 Å². The van der Waals surface area contributed by atoms with Crippen molar-refractivity contribution >= 4 is 45.0 Å². The number of rotatable bonds is 5. The Hall–Kier alpha value is -3.41. The highest BCUT2D eigenvalue weighted by atomic mass is 35.5. The van der Waals surface area contributed by atoms with Gasteiger partial charge in [-0.15, -0.1) is 0 Å². The molecule has 0 aliphatic carbocycles. The van der Waals surface area contributed by atoms with E-state index in [9.17, 15) is 4.39 Å². The number of para-hydroxylation sites is 1. The molecular formula is C26H17Cl2FN2O2. The minimum atomic E-state index is -0.351. The smallest absolute Gasteiger partial charge is 0.140 e. The van der Waals surface area contributed by atoms with Gasteiger partial charge in [0.15, 0.2) is 0 Å². The van der Waals surface area contributed by atoms with E-state index in [-0.39, 0.29) is 5.82 Å². The summed E-state index contributed by atoms with van der Waals surface area (Å²) in [4.78, 5) is 9.55. The third-order valence-corrected chi connectivity index (χ3v) is 5.59. The van der Waals surface area contributed by atoms with Gasteiger partial charge in [0.25, 0.3) is 0 Å². The van der Waals surface area contributed by atoms with Gasteiger partial charge in [-0.05, 0) is 55.5 Å². The molecule has 0 saturated carbocycles. The first-order valence-electron chi connectivity index (χ1n) is 10.3. The molecule has 0 aliphatic heterocycles. The summed E-state index contributed by atoms with van der Waals surface area (Å²) in [6.45, 7) is 2.45. The SMILES string of the molecule is CCOc1cc(-c2cc(Oc3ccc(F)cc3)c3c(Cl)cc(Cl)cc3n2)nc2ccccc12. The lowest BCUT2D eigenvalue weighted by Crippen LogP contribution is -1.97. The molecule has 2 heterocycles. The molecule has 5 aromatic rings. The van der Waals surface area contributed by atoms with Gasteiger partial charge < -0.3 is 9.47 Å². The highest BCUT2D eigenvalue weighted by Gasteiger charge is 2.16. The third kappa shape index (κ3) is 4.30. The molecule has 0 fully saturated rings. The molecule has 0 amide bonds. The van der Waals surface area contributed by atoms with Gasteiger partial charge in [-0.25, -0.2) is 14.4 Å². The Morgan fingerprint density at radius 1 is 0.818 bits per heavy atom. The zero-order valence-corrected chi connectivity index (χ0v) is 19.0. The van der Waals surface area contributed by atoms with Crippen LogP contribution in [0.1, 0.15) is 6.92 Å². The number of nitrogens with zero attached hydrogens (tertiary/aromatic N) is 2. The van der Waals surface area contributed by atoms with Crippen molar-refractivity contribution in [1.29, 1.82) is 0 Å². The van der Waals surface area contributed by atoms with Crippen molar-refractivity contribution in [1.82, 2.24) is 9.97 Å². The zero-order valence-electron chi connectivity index (χ0n) is 17.5. The van der Waals surface area contributed by atoms with E-state index >= 15 is 0 Å². The summed E-state index contributed by atoms with van der Waals surface area (Å²) in [5.74, 6) is 1.28. The predicted molar refractivity (Wildman–Crippen MR) is 130 cm³/mol. The molecule has 0 radical (unpaired) electrons. The second kappa shape index (κ2) is 8.85. The number of benzene rings is 3. The summed E-state index contributed by atoms with van der Waals surface area (Å²) in [6.07, 6.45) is 0. The van der Waals surface area contributed by atoms with Crippen LogP contribution in [0, 0.1) is 5.82 Å². The molecule has 0 spiro atoms. The molecule has 2 aromatic heterocycles. The van der Waals surface area contributed by atoms with Crippen molar-refractivity contribution in [3.05, 3.63) is 88.7 Å². The van der Waals surface area contributed by atoms with Gasteiger partial charge in [0.05, 0.1) is 39.4 Å². The van der Waals surface area contributed by atoms with Gasteiger partial charge in [-0.2, -0.15) is 0 Å². The van der Waals surface area contributed by atoms with Crippen LogP contribution >= 0.6 is 23.2 Å². The van der Waals surface area contributed by atoms with E-state index < -0.39 is 0 Å². The van der Waals surface area contributed by atoms with Gasteiger partial charge in [0.1, 0.15) is 23.1 Å². The van der Waals surface area contributed by atoms with E-state index in [2.05, 4.69) is 0 Å². The Labute approximate surface area is 199 Å². The normalized spacial score (nSPS) is 11.2. The lowest BCUT2D eigenvalue weighted by Gasteiger charge is -2.14. The number of hydrogen-bond donors (Lipinski definition) is 0. The molecule has 5 rings (SSSR count). The van der Waals surface area contributed by atoms with Gasteiger partial charge in [0, 0.05) is 22.5 Å². The van der Waals surface area contributed by atoms with Crippen molar-refractivity contribution in [2.45, 2.75) is 6.92 Å². The van der Waals surface area contributed by atoms with Crippen molar-refractivity contribution in [3.63, 3.8) is 0 Å². The number of fused-ring (bicyclic) bond motifs is 2. The zero-order chi connectivity index (χ0) is 22.9. The number of ether oxygens (including phenoxy) is 2. The first-order chi connectivity index (χ1) is 16.0. The molecule has 0 atom stereocenters. The van der Waals surface area contributed by atoms with Crippen LogP contribution in [-0.4, -0.2) is 16.6 Å². The van der Waals surface area contributed by atoms with Crippen molar-refractivity contribution in [3.8, 4) is 28.6 Å². The second-order valence-corrected chi connectivity index (χ2v) is 8.14. The van der Waals surface area contributed by atoms with Crippen LogP contribution in [0.5, 0.6) is 17.2 Å². The monoisotopic (exact) mass is 478 g/mol. The Morgan fingerprint density at radius 2 is 1.52 bits per heavy atom. The molecule has 0 N–H and O–H groups in total. The number of hydrogen-bond acceptors (Lipinski definition) is 4. The highest BCUT2D eigenvalue weighted by molar-refractivity contribution is 6.39. The van der Waals surface area contributed by atoms with Crippen LogP contribution < -0.4 is 9.47 Å². The van der Waals surface area contributed by atoms with Crippen molar-refractivity contribution in [2.75, 3.05) is 6.61 Å². The lowest BCUT2D eigenvalue weighted by atomic mass is 10.1. The van der Waals surface area contributed by atoms with Crippen LogP contribution in [0.25, 0.3) is 33.2 Å². The summed E-state index contributed by atoms with van der Waals surface area (Å²) in [7, 11) is 0. The van der Waals surface area contributed by atoms with Gasteiger partial charge >= 0.3 is 0 Å². The van der Waals surface area contributed by atoms with Gasteiger partial charge in [-0.1, -0.05) is 35.3 Å². The number of halogens is 3. The van der Waals surface area contributed by atoms with Crippen molar-refractivity contribution in [2.24, 2.45) is 0 Å². The van der Waals surface area contributed by atoms with E-state index in [0.717, 1.165) is 10.9 Å². The van der Waals surface area contributed by atoms with E-state index in [1.807, 2.05) is 37.3 Å². The fourth-order valence-corrected chi connectivity index (χ4v) is 4.22. The molecule has 3 aromatic carbocycles. The highest BCUT2D eigenvalue weighted by Crippen LogP contribution is 2.39. The molecule has 0 bridgehead atoms. The molecule has 7 heteroatoms. The molecule has 4 nitrogen and oxygen atoms in total. The maximum Gasteiger partial charge on any atom is 0.140 e. The molecule has 164 valence electrons. The predicted octanol–water partition coefficient (Wildman–Crippen LogP) is 8.09. The molecular weight excluding hydrogens is 462 g/mol. The Balaban J connectivity index is 1.73. The summed E-state index contributed by atoms with van der Waals surface area (Å²) in [6, 6.07) is 20.5. The summed E-state index contributed by atoms with van der Waals surface area (Å²) < 4.78 is 25.3. The third-order valence-electron chi connectivity index (χ3n) is 5.07. The van der Waals surface area contributed by atoms with E-state index in [4.69, 9.17) is 42.6 Å². The molecule has 0 saturated heterocycles. The lowest BCUT2D eigenvalue weighted by molar-refractivity contribution is 0.344. The average Bonchev–Trinajstić information content (AvgIpc) is 2.80. The summed E-state index contributed by atoms with van der Waals surface area (Å²) >= 11 is 12.8. The van der Waals surface area contributed by atoms with Gasteiger partial charge in [-0.3, -0.25) is 0 Å². The number of pyridine rings is 2. The topological polar surface area (TPSA) is 44.2 Å². The largest absolute Gasteiger partial charge is 0.493 e. The Bertz CT molecular complexity index is 1490. The van der Waals surface area contributed by atoms with Crippen LogP contribution in [0.3, 0.4) is 0 Å². The maximum atomic E-state index is 13.4. The Kier molecular flexibility index (Phi) is 5.75. The van der Waals surface area contributed by atoms with E-state index in [1.165, 1.54) is 12.1 Å². The summed E-state index contributed by atoms with van der Waals surface area (Å²) in [5, 5.41) is 2.36. The Morgan fingerprint density at radius 3 is 2.27 bits per heavy atom. The first kappa shape index (κ1) is 21.4. The van der Waals surface area contributed by atoms with Crippen LogP contribution in [-0.2, 0) is 0 Å². The van der Waals surface area contributed by atoms with E-state index in [1.54, 1.807) is 30.3 Å². The first-order valence-corrected chi connectivity index (χ1v) is 11.0. The quantitative estimate of drug-likeness (QED) is 0.256.